The summed E-state index contributed by atoms with van der Waals surface area (Å²) in [6, 6.07) is 7.63. The molecule has 0 aliphatic heterocycles. The lowest BCUT2D eigenvalue weighted by Crippen LogP contribution is -1.91. The Bertz CT molecular complexity index is 311. The van der Waals surface area contributed by atoms with Gasteiger partial charge in [0.2, 0.25) is 0 Å². The van der Waals surface area contributed by atoms with E-state index in [1.54, 1.807) is 0 Å². The second kappa shape index (κ2) is 3.64. The van der Waals surface area contributed by atoms with Crippen molar-refractivity contribution in [3.63, 3.8) is 0 Å². The Hall–Kier alpha value is -0.940. The fourth-order valence-electron chi connectivity index (χ4n) is 0.917. The van der Waals surface area contributed by atoms with Gasteiger partial charge in [0, 0.05) is 0 Å². The minimum Gasteiger partial charge on any atom is -0.238 e. The lowest BCUT2D eigenvalue weighted by molar-refractivity contribution is 0.108. The molecule has 0 aliphatic rings. The molecule has 12 heavy (non-hydrogen) atoms. The maximum absolute atomic E-state index is 11.4. The zero-order valence-electron chi connectivity index (χ0n) is 7.37. The van der Waals surface area contributed by atoms with Crippen molar-refractivity contribution in [2.75, 3.05) is 6.66 Å². The lowest BCUT2D eigenvalue weighted by atomic mass is 10.2. The van der Waals surface area contributed by atoms with E-state index in [0.717, 1.165) is 5.56 Å². The average molecular weight is 179 g/mol. The molecule has 0 spiro atoms. The first kappa shape index (κ1) is 9.15. The molecule has 1 nitrogen and oxygen atoms in total. The largest absolute Gasteiger partial charge is 0.352 e. The van der Waals surface area contributed by atoms with Crippen LogP contribution in [0.2, 0.25) is 0 Å². The van der Waals surface area contributed by atoms with E-state index in [1.165, 1.54) is 5.56 Å². The Labute approximate surface area is 73.8 Å². The highest BCUT2D eigenvalue weighted by Crippen LogP contribution is 2.21. The molecule has 0 aromatic heterocycles. The third-order valence-electron chi connectivity index (χ3n) is 1.65. The summed E-state index contributed by atoms with van der Waals surface area (Å²) >= 11 is 0. The van der Waals surface area contributed by atoms with Crippen molar-refractivity contribution in [2.45, 2.75) is 6.92 Å². The highest BCUT2D eigenvalue weighted by atomic mass is 31.1. The Balaban J connectivity index is 2.98. The first-order chi connectivity index (χ1) is 5.61. The van der Waals surface area contributed by atoms with Crippen LogP contribution in [0.1, 0.15) is 15.9 Å². The van der Waals surface area contributed by atoms with Crippen molar-refractivity contribution in [1.29, 1.82) is 0 Å². The lowest BCUT2D eigenvalue weighted by Gasteiger charge is -1.93. The van der Waals surface area contributed by atoms with Gasteiger partial charge in [-0.25, -0.2) is 4.79 Å². The minimum atomic E-state index is -0.736. The van der Waals surface area contributed by atoms with Crippen molar-refractivity contribution in [3.8, 4) is 0 Å². The van der Waals surface area contributed by atoms with Gasteiger partial charge in [0.1, 0.15) is 6.66 Å². The van der Waals surface area contributed by atoms with Gasteiger partial charge in [-0.1, -0.05) is 17.7 Å². The molecule has 0 N–H and O–H groups in total. The number of hydrogen-bond acceptors (Lipinski definition) is 1. The van der Waals surface area contributed by atoms with Gasteiger partial charge in [0.05, 0.1) is 11.9 Å². The molecule has 1 aromatic rings. The standard InChI is InChI=1S/C10H12OP/c1-8-4-6-9(7-5-8)10(11)12(2)3/h4-7H,2H2,1,3H3/q+1. The van der Waals surface area contributed by atoms with Gasteiger partial charge in [0.25, 0.3) is 0 Å². The van der Waals surface area contributed by atoms with Crippen LogP contribution < -0.4 is 0 Å². The van der Waals surface area contributed by atoms with Gasteiger partial charge in [-0.05, 0) is 19.1 Å². The number of rotatable bonds is 2. The maximum atomic E-state index is 11.4. The number of carbonyl (C=O) groups excluding carboxylic acids is 1. The molecular formula is C10H12OP+. The second-order valence-corrected chi connectivity index (χ2v) is 4.67. The molecule has 0 saturated heterocycles. The SMILES string of the molecule is C=[P+](C)C(=O)c1ccc(C)cc1. The smallest absolute Gasteiger partial charge is 0.238 e. The second-order valence-electron chi connectivity index (χ2n) is 2.87. The van der Waals surface area contributed by atoms with Crippen LogP contribution in [0.25, 0.3) is 0 Å². The number of aryl methyl sites for hydroxylation is 1. The van der Waals surface area contributed by atoms with E-state index in [9.17, 15) is 4.79 Å². The molecule has 0 bridgehead atoms. The Morgan fingerprint density at radius 3 is 2.25 bits per heavy atom. The summed E-state index contributed by atoms with van der Waals surface area (Å²) < 4.78 is 0. The Morgan fingerprint density at radius 1 is 1.33 bits per heavy atom. The Morgan fingerprint density at radius 2 is 1.83 bits per heavy atom. The molecular weight excluding hydrogens is 167 g/mol. The van der Waals surface area contributed by atoms with Crippen molar-refractivity contribution in [3.05, 3.63) is 35.4 Å². The molecule has 0 amide bonds. The summed E-state index contributed by atoms with van der Waals surface area (Å²) in [6.07, 6.45) is 3.75. The van der Waals surface area contributed by atoms with Crippen LogP contribution in [0.3, 0.4) is 0 Å². The normalized spacial score (nSPS) is 11.0. The molecule has 2 heteroatoms. The van der Waals surface area contributed by atoms with Crippen LogP contribution >= 0.6 is 7.55 Å². The van der Waals surface area contributed by atoms with Crippen LogP contribution in [0.5, 0.6) is 0 Å². The minimum absolute atomic E-state index is 0.171. The molecule has 0 saturated carbocycles. The molecule has 1 unspecified atom stereocenters. The highest BCUT2D eigenvalue weighted by Gasteiger charge is 2.14. The van der Waals surface area contributed by atoms with Gasteiger partial charge in [-0.3, -0.25) is 0 Å². The van der Waals surface area contributed by atoms with Crippen molar-refractivity contribution < 1.29 is 4.79 Å². The number of hydrogen-bond donors (Lipinski definition) is 0. The summed E-state index contributed by atoms with van der Waals surface area (Å²) in [5.41, 5.74) is 2.13. The molecule has 0 radical (unpaired) electrons. The predicted octanol–water partition coefficient (Wildman–Crippen LogP) is 2.68. The van der Waals surface area contributed by atoms with Gasteiger partial charge >= 0.3 is 5.52 Å². The fourth-order valence-corrected chi connectivity index (χ4v) is 1.51. The Kier molecular flexibility index (Phi) is 2.78. The summed E-state index contributed by atoms with van der Waals surface area (Å²) in [5.74, 6) is 0. The number of benzene rings is 1. The zero-order chi connectivity index (χ0) is 9.14. The van der Waals surface area contributed by atoms with Gasteiger partial charge in [-0.15, -0.1) is 0 Å². The van der Waals surface area contributed by atoms with Crippen molar-refractivity contribution in [2.24, 2.45) is 0 Å². The maximum Gasteiger partial charge on any atom is 0.352 e. The fraction of sp³-hybridized carbons (Fsp3) is 0.200. The van der Waals surface area contributed by atoms with E-state index >= 15 is 0 Å². The molecule has 1 atom stereocenters. The first-order valence-electron chi connectivity index (χ1n) is 3.76. The molecule has 1 rings (SSSR count). The molecule has 1 aromatic carbocycles. The third kappa shape index (κ3) is 2.02. The molecule has 0 heterocycles. The van der Waals surface area contributed by atoms with E-state index in [2.05, 4.69) is 6.30 Å². The molecule has 0 fully saturated rings. The van der Waals surface area contributed by atoms with E-state index < -0.39 is 7.55 Å². The van der Waals surface area contributed by atoms with E-state index in [1.807, 2.05) is 37.9 Å². The van der Waals surface area contributed by atoms with Crippen molar-refractivity contribution >= 4 is 19.4 Å². The molecule has 62 valence electrons. The average Bonchev–Trinajstić information content (AvgIpc) is 2.04. The highest BCUT2D eigenvalue weighted by molar-refractivity contribution is 7.72. The summed E-state index contributed by atoms with van der Waals surface area (Å²) in [4.78, 5) is 11.4. The zero-order valence-corrected chi connectivity index (χ0v) is 8.27. The van der Waals surface area contributed by atoms with Crippen LogP contribution in [0.4, 0.5) is 0 Å². The van der Waals surface area contributed by atoms with Crippen LogP contribution in [-0.2, 0) is 0 Å². The summed E-state index contributed by atoms with van der Waals surface area (Å²) in [6.45, 7) is 3.88. The van der Waals surface area contributed by atoms with E-state index in [-0.39, 0.29) is 5.52 Å². The van der Waals surface area contributed by atoms with Crippen LogP contribution in [0.15, 0.2) is 24.3 Å². The van der Waals surface area contributed by atoms with E-state index in [4.69, 9.17) is 0 Å². The van der Waals surface area contributed by atoms with Crippen LogP contribution in [-0.4, -0.2) is 18.5 Å². The quantitative estimate of drug-likeness (QED) is 0.638. The topological polar surface area (TPSA) is 17.1 Å². The van der Waals surface area contributed by atoms with Gasteiger partial charge in [-0.2, -0.15) is 0 Å². The number of carbonyl (C=O) groups is 1. The van der Waals surface area contributed by atoms with Crippen LogP contribution in [0, 0.1) is 6.92 Å². The van der Waals surface area contributed by atoms with Gasteiger partial charge < -0.3 is 0 Å². The first-order valence-corrected chi connectivity index (χ1v) is 5.74. The van der Waals surface area contributed by atoms with Gasteiger partial charge in [0.15, 0.2) is 7.55 Å². The summed E-state index contributed by atoms with van der Waals surface area (Å²) in [7, 11) is -0.736. The van der Waals surface area contributed by atoms with E-state index in [0.29, 0.717) is 0 Å². The van der Waals surface area contributed by atoms with Crippen molar-refractivity contribution in [1.82, 2.24) is 0 Å². The monoisotopic (exact) mass is 179 g/mol. The third-order valence-corrected chi connectivity index (χ3v) is 2.60. The molecule has 0 aliphatic carbocycles. The summed E-state index contributed by atoms with van der Waals surface area (Å²) in [5, 5.41) is 0. The predicted molar refractivity (Wildman–Crippen MR) is 55.5 cm³/mol.